The van der Waals surface area contributed by atoms with E-state index in [9.17, 15) is 19.2 Å². The Bertz CT molecular complexity index is 1320. The van der Waals surface area contributed by atoms with Crippen LogP contribution in [0.3, 0.4) is 0 Å². The van der Waals surface area contributed by atoms with Crippen LogP contribution in [0.5, 0.6) is 0 Å². The molecule has 3 N–H and O–H groups in total. The van der Waals surface area contributed by atoms with Crippen LogP contribution < -0.4 is 16.0 Å². The molecule has 0 spiro atoms. The van der Waals surface area contributed by atoms with Gasteiger partial charge in [0, 0.05) is 51.3 Å². The minimum absolute atomic E-state index is 0.0147. The van der Waals surface area contributed by atoms with Crippen molar-refractivity contribution >= 4 is 29.3 Å². The predicted octanol–water partition coefficient (Wildman–Crippen LogP) is 3.13. The molecule has 2 aromatic rings. The highest BCUT2D eigenvalue weighted by Gasteiger charge is 2.34. The maximum atomic E-state index is 15.5. The van der Waals surface area contributed by atoms with Gasteiger partial charge in [-0.05, 0) is 56.5 Å². The van der Waals surface area contributed by atoms with Crippen LogP contribution in [0, 0.1) is 11.7 Å². The van der Waals surface area contributed by atoms with Gasteiger partial charge in [-0.25, -0.2) is 4.39 Å². The molecule has 3 atom stereocenters. The van der Waals surface area contributed by atoms with E-state index in [0.29, 0.717) is 30.9 Å². The number of halogens is 1. The summed E-state index contributed by atoms with van der Waals surface area (Å²) in [6.45, 7) is 8.48. The molecule has 0 bridgehead atoms. The first-order valence-electron chi connectivity index (χ1n) is 15.8. The van der Waals surface area contributed by atoms with E-state index in [4.69, 9.17) is 0 Å². The minimum Gasteiger partial charge on any atom is -0.344 e. The number of nitrogens with zero attached hydrogens (tertiary/aromatic N) is 4. The van der Waals surface area contributed by atoms with Crippen molar-refractivity contribution in [3.63, 3.8) is 0 Å². The van der Waals surface area contributed by atoms with Crippen molar-refractivity contribution in [1.82, 2.24) is 30.2 Å². The molecule has 1 aromatic carbocycles. The first-order chi connectivity index (χ1) is 21.1. The van der Waals surface area contributed by atoms with E-state index in [-0.39, 0.29) is 29.8 Å². The molecule has 1 saturated heterocycles. The molecule has 44 heavy (non-hydrogen) atoms. The van der Waals surface area contributed by atoms with Crippen LogP contribution in [0.4, 0.5) is 10.1 Å². The second-order valence-corrected chi connectivity index (χ2v) is 11.9. The first kappa shape index (κ1) is 33.1. The number of rotatable bonds is 11. The molecule has 1 aliphatic heterocycles. The average Bonchev–Trinajstić information content (AvgIpc) is 3.52. The zero-order valence-electron chi connectivity index (χ0n) is 26.3. The fourth-order valence-electron chi connectivity index (χ4n) is 6.08. The molecule has 4 amide bonds. The number of aromatic nitrogens is 2. The Morgan fingerprint density at radius 1 is 1.00 bits per heavy atom. The molecule has 240 valence electrons. The maximum absolute atomic E-state index is 15.5. The number of likely N-dealkylation sites (N-methyl/N-ethyl adjacent to an activating group) is 1. The van der Waals surface area contributed by atoms with Crippen LogP contribution in [0.2, 0.25) is 0 Å². The smallest absolute Gasteiger partial charge is 0.270 e. The molecule has 2 heterocycles. The van der Waals surface area contributed by atoms with E-state index in [1.165, 1.54) is 12.1 Å². The number of anilines is 1. The number of carbonyl (C=O) groups excluding carboxylic acids is 4. The SMILES string of the molecule is CCC(=O)N[C@@H](C(=O)N1CCN(C)CC1)[C@@H](C)c1ccc(NC(=O)C(NC(=O)c2ccnn2CC)C2CCCCC2)c(F)c1. The lowest BCUT2D eigenvalue weighted by Crippen LogP contribution is -2.55. The maximum Gasteiger partial charge on any atom is 0.270 e. The molecule has 1 aromatic heterocycles. The van der Waals surface area contributed by atoms with Crippen molar-refractivity contribution in [1.29, 1.82) is 0 Å². The Kier molecular flexibility index (Phi) is 11.5. The first-order valence-corrected chi connectivity index (χ1v) is 15.8. The van der Waals surface area contributed by atoms with E-state index in [2.05, 4.69) is 25.9 Å². The number of carbonyl (C=O) groups is 4. The third-order valence-corrected chi connectivity index (χ3v) is 8.93. The van der Waals surface area contributed by atoms with Crippen LogP contribution in [0.15, 0.2) is 30.5 Å². The molecule has 4 rings (SSSR count). The number of nitrogens with one attached hydrogen (secondary N) is 3. The Morgan fingerprint density at radius 3 is 2.34 bits per heavy atom. The van der Waals surface area contributed by atoms with Crippen LogP contribution in [0.1, 0.15) is 81.3 Å². The lowest BCUT2D eigenvalue weighted by atomic mass is 9.83. The van der Waals surface area contributed by atoms with Gasteiger partial charge in [-0.3, -0.25) is 23.9 Å². The van der Waals surface area contributed by atoms with Gasteiger partial charge < -0.3 is 25.8 Å². The summed E-state index contributed by atoms with van der Waals surface area (Å²) in [5.41, 5.74) is 0.870. The summed E-state index contributed by atoms with van der Waals surface area (Å²) in [6.07, 6.45) is 6.34. The lowest BCUT2D eigenvalue weighted by molar-refractivity contribution is -0.138. The highest BCUT2D eigenvalue weighted by Crippen LogP contribution is 2.29. The summed E-state index contributed by atoms with van der Waals surface area (Å²) < 4.78 is 17.1. The summed E-state index contributed by atoms with van der Waals surface area (Å²) in [7, 11) is 2.00. The zero-order valence-corrected chi connectivity index (χ0v) is 26.3. The summed E-state index contributed by atoms with van der Waals surface area (Å²) in [6, 6.07) is 4.36. The number of benzene rings is 1. The molecule has 1 aliphatic carbocycles. The number of hydrogen-bond donors (Lipinski definition) is 3. The van der Waals surface area contributed by atoms with E-state index in [0.717, 1.165) is 45.2 Å². The third kappa shape index (κ3) is 8.02. The number of hydrogen-bond acceptors (Lipinski definition) is 6. The third-order valence-electron chi connectivity index (χ3n) is 8.93. The second kappa shape index (κ2) is 15.3. The number of piperazine rings is 1. The van der Waals surface area contributed by atoms with Gasteiger partial charge >= 0.3 is 0 Å². The molecule has 1 saturated carbocycles. The van der Waals surface area contributed by atoms with Crippen molar-refractivity contribution < 1.29 is 23.6 Å². The lowest BCUT2D eigenvalue weighted by Gasteiger charge is -2.36. The summed E-state index contributed by atoms with van der Waals surface area (Å²) in [5.74, 6) is -2.58. The van der Waals surface area contributed by atoms with Crippen molar-refractivity contribution in [2.45, 2.75) is 83.8 Å². The number of amides is 4. The highest BCUT2D eigenvalue weighted by atomic mass is 19.1. The van der Waals surface area contributed by atoms with Gasteiger partial charge in [0.1, 0.15) is 23.6 Å². The fraction of sp³-hybridized carbons (Fsp3) is 0.594. The monoisotopic (exact) mass is 611 g/mol. The Hall–Kier alpha value is -3.80. The van der Waals surface area contributed by atoms with E-state index >= 15 is 4.39 Å². The standard InChI is InChI=1S/C32H46FN7O4/c1-5-27(41)36-28(32(44)39-18-16-38(4)17-19-39)21(3)23-12-13-25(24(33)20-23)35-31(43)29(22-10-8-7-9-11-22)37-30(42)26-14-15-34-40(26)6-2/h12-15,20-22,28-29H,5-11,16-19H2,1-4H3,(H,35,43)(H,36,41)(H,37,42)/t21-,28+,29?/m0/s1. The Labute approximate surface area is 258 Å². The molecule has 1 unspecified atom stereocenters. The molecular weight excluding hydrogens is 565 g/mol. The normalized spacial score (nSPS) is 18.2. The summed E-state index contributed by atoms with van der Waals surface area (Å²) in [4.78, 5) is 56.5. The second-order valence-electron chi connectivity index (χ2n) is 11.9. The van der Waals surface area contributed by atoms with E-state index in [1.54, 1.807) is 41.8 Å². The van der Waals surface area contributed by atoms with Gasteiger partial charge in [-0.1, -0.05) is 39.2 Å². The predicted molar refractivity (Wildman–Crippen MR) is 165 cm³/mol. The fourth-order valence-corrected chi connectivity index (χ4v) is 6.08. The Balaban J connectivity index is 1.51. The quantitative estimate of drug-likeness (QED) is 0.358. The zero-order chi connectivity index (χ0) is 31.8. The van der Waals surface area contributed by atoms with Gasteiger partial charge in [-0.15, -0.1) is 0 Å². The Morgan fingerprint density at radius 2 is 1.70 bits per heavy atom. The highest BCUT2D eigenvalue weighted by molar-refractivity contribution is 6.00. The van der Waals surface area contributed by atoms with Crippen LogP contribution >= 0.6 is 0 Å². The molecule has 11 nitrogen and oxygen atoms in total. The topological polar surface area (TPSA) is 129 Å². The van der Waals surface area contributed by atoms with Gasteiger partial charge in [-0.2, -0.15) is 5.10 Å². The van der Waals surface area contributed by atoms with Gasteiger partial charge in [0.2, 0.25) is 17.7 Å². The van der Waals surface area contributed by atoms with Crippen LogP contribution in [-0.4, -0.2) is 88.5 Å². The van der Waals surface area contributed by atoms with Gasteiger partial charge in [0.25, 0.3) is 5.91 Å². The number of aryl methyl sites for hydroxylation is 1. The van der Waals surface area contributed by atoms with Crippen LogP contribution in [-0.2, 0) is 20.9 Å². The molecule has 0 radical (unpaired) electrons. The molecule has 2 aliphatic rings. The van der Waals surface area contributed by atoms with Crippen LogP contribution in [0.25, 0.3) is 0 Å². The molecular formula is C32H46FN7O4. The van der Waals surface area contributed by atoms with Gasteiger partial charge in [0.15, 0.2) is 0 Å². The van der Waals surface area contributed by atoms with Crippen molar-refractivity contribution in [2.24, 2.45) is 5.92 Å². The average molecular weight is 612 g/mol. The summed E-state index contributed by atoms with van der Waals surface area (Å²) >= 11 is 0. The van der Waals surface area contributed by atoms with Crippen molar-refractivity contribution in [2.75, 3.05) is 38.5 Å². The minimum atomic E-state index is -0.854. The summed E-state index contributed by atoms with van der Waals surface area (Å²) in [5, 5.41) is 12.6. The van der Waals surface area contributed by atoms with Crippen molar-refractivity contribution in [3.05, 3.63) is 47.5 Å². The molecule has 2 fully saturated rings. The van der Waals surface area contributed by atoms with Gasteiger partial charge in [0.05, 0.1) is 5.69 Å². The molecule has 12 heteroatoms. The van der Waals surface area contributed by atoms with Crippen molar-refractivity contribution in [3.8, 4) is 0 Å². The van der Waals surface area contributed by atoms with E-state index < -0.39 is 35.6 Å². The van der Waals surface area contributed by atoms with E-state index in [1.807, 2.05) is 14.0 Å². The largest absolute Gasteiger partial charge is 0.344 e.